The summed E-state index contributed by atoms with van der Waals surface area (Å²) in [6.45, 7) is 12.7. The first-order chi connectivity index (χ1) is 17.1. The standard InChI is InChI=1S/C26H37N5O5/c1-8-18-16(3)24(35-9-2)29-31-23(18)28-30(25(31)27)15-20(33)17-13-19(26(4,5)6)22(34-7)21(14-17)36-12-10-11-32/h13-14,27,32H,8-12,15H2,1-7H3/p+1. The van der Waals surface area contributed by atoms with Gasteiger partial charge in [-0.15, -0.1) is 4.68 Å². The van der Waals surface area contributed by atoms with E-state index in [1.807, 2.05) is 47.6 Å². The molecule has 196 valence electrons. The number of carbonyl (C=O) groups is 1. The number of nitrogens with two attached hydrogens (primary N) is 1. The van der Waals surface area contributed by atoms with Crippen molar-refractivity contribution < 1.29 is 28.8 Å². The molecule has 36 heavy (non-hydrogen) atoms. The van der Waals surface area contributed by atoms with E-state index in [1.165, 1.54) is 9.20 Å². The van der Waals surface area contributed by atoms with Crippen LogP contribution in [0.4, 0.5) is 5.95 Å². The third kappa shape index (κ3) is 5.38. The Bertz CT molecular complexity index is 1250. The molecule has 0 aliphatic carbocycles. The quantitative estimate of drug-likeness (QED) is 0.234. The summed E-state index contributed by atoms with van der Waals surface area (Å²) < 4.78 is 20.2. The van der Waals surface area contributed by atoms with E-state index in [4.69, 9.17) is 25.1 Å². The zero-order valence-corrected chi connectivity index (χ0v) is 22.3. The molecule has 0 bridgehead atoms. The van der Waals surface area contributed by atoms with Crippen LogP contribution in [-0.4, -0.2) is 52.5 Å². The van der Waals surface area contributed by atoms with Gasteiger partial charge in [-0.3, -0.25) is 10.5 Å². The minimum atomic E-state index is -0.306. The highest BCUT2D eigenvalue weighted by molar-refractivity contribution is 5.96. The van der Waals surface area contributed by atoms with Crippen molar-refractivity contribution in [3.8, 4) is 17.4 Å². The van der Waals surface area contributed by atoms with Crippen molar-refractivity contribution in [3.05, 3.63) is 34.4 Å². The fraction of sp³-hybridized carbons (Fsp3) is 0.538. The van der Waals surface area contributed by atoms with E-state index in [9.17, 15) is 4.79 Å². The van der Waals surface area contributed by atoms with Gasteiger partial charge in [-0.05, 0) is 37.8 Å². The van der Waals surface area contributed by atoms with Gasteiger partial charge in [0.2, 0.25) is 5.88 Å². The number of aromatic nitrogens is 4. The van der Waals surface area contributed by atoms with Crippen LogP contribution in [0.3, 0.4) is 0 Å². The monoisotopic (exact) mass is 500 g/mol. The summed E-state index contributed by atoms with van der Waals surface area (Å²) in [6, 6.07) is 3.51. The van der Waals surface area contributed by atoms with Crippen LogP contribution >= 0.6 is 0 Å². The molecule has 0 amide bonds. The lowest BCUT2D eigenvalue weighted by Gasteiger charge is -2.25. The summed E-state index contributed by atoms with van der Waals surface area (Å²) in [5.74, 6) is 1.58. The second-order valence-electron chi connectivity index (χ2n) is 9.60. The van der Waals surface area contributed by atoms with Crippen LogP contribution in [0.5, 0.6) is 17.4 Å². The van der Waals surface area contributed by atoms with E-state index in [0.29, 0.717) is 54.6 Å². The SMILES string of the molecule is CCOc1nn2c(N)[n+](CC(=O)c3cc(OCCCO)c(OC)c(C(C)(C)C)c3)nc2c(CC)c1C. The number of benzene rings is 1. The summed E-state index contributed by atoms with van der Waals surface area (Å²) >= 11 is 0. The van der Waals surface area contributed by atoms with E-state index in [0.717, 1.165) is 16.7 Å². The number of rotatable bonds is 11. The molecule has 3 aromatic rings. The van der Waals surface area contributed by atoms with Gasteiger partial charge < -0.3 is 19.3 Å². The Morgan fingerprint density at radius 1 is 1.22 bits per heavy atom. The number of hydrogen-bond acceptors (Lipinski definition) is 8. The van der Waals surface area contributed by atoms with E-state index in [-0.39, 0.29) is 30.3 Å². The topological polar surface area (TPSA) is 125 Å². The summed E-state index contributed by atoms with van der Waals surface area (Å²) in [6.07, 6.45) is 1.18. The third-order valence-electron chi connectivity index (χ3n) is 6.01. The largest absolute Gasteiger partial charge is 0.493 e. The fourth-order valence-corrected chi connectivity index (χ4v) is 4.10. The fourth-order valence-electron chi connectivity index (χ4n) is 4.10. The zero-order valence-electron chi connectivity index (χ0n) is 22.3. The minimum Gasteiger partial charge on any atom is -0.493 e. The van der Waals surface area contributed by atoms with Crippen LogP contribution in [0.1, 0.15) is 68.1 Å². The molecular formula is C26H38N5O5+. The normalized spacial score (nSPS) is 11.7. The van der Waals surface area contributed by atoms with Gasteiger partial charge in [0.25, 0.3) is 5.65 Å². The van der Waals surface area contributed by atoms with E-state index in [2.05, 4.69) is 10.2 Å². The molecule has 10 heteroatoms. The summed E-state index contributed by atoms with van der Waals surface area (Å²) in [5, 5.41) is 18.3. The minimum absolute atomic E-state index is 0.00906. The van der Waals surface area contributed by atoms with Crippen molar-refractivity contribution in [3.63, 3.8) is 0 Å². The molecule has 1 aromatic carbocycles. The van der Waals surface area contributed by atoms with Gasteiger partial charge in [0, 0.05) is 35.3 Å². The lowest BCUT2D eigenvalue weighted by Crippen LogP contribution is -2.42. The third-order valence-corrected chi connectivity index (χ3v) is 6.01. The van der Waals surface area contributed by atoms with Gasteiger partial charge in [0.15, 0.2) is 23.8 Å². The first-order valence-electron chi connectivity index (χ1n) is 12.3. The maximum absolute atomic E-state index is 13.5. The maximum atomic E-state index is 13.5. The summed E-state index contributed by atoms with van der Waals surface area (Å²) in [4.78, 5) is 13.5. The predicted octanol–water partition coefficient (Wildman–Crippen LogP) is 2.82. The van der Waals surface area contributed by atoms with Gasteiger partial charge in [0.05, 0.1) is 20.3 Å². The molecule has 3 N–H and O–H groups in total. The van der Waals surface area contributed by atoms with Gasteiger partial charge in [-0.25, -0.2) is 0 Å². The number of anilines is 1. The van der Waals surface area contributed by atoms with Crippen molar-refractivity contribution in [2.75, 3.05) is 32.7 Å². The lowest BCUT2D eigenvalue weighted by atomic mass is 9.84. The molecule has 0 aliphatic heterocycles. The van der Waals surface area contributed by atoms with Crippen LogP contribution in [0.15, 0.2) is 12.1 Å². The molecule has 10 nitrogen and oxygen atoms in total. The molecule has 0 atom stereocenters. The highest BCUT2D eigenvalue weighted by Crippen LogP contribution is 2.40. The van der Waals surface area contributed by atoms with Crippen molar-refractivity contribution >= 4 is 17.4 Å². The van der Waals surface area contributed by atoms with E-state index < -0.39 is 0 Å². The van der Waals surface area contributed by atoms with Gasteiger partial charge in [0.1, 0.15) is 0 Å². The molecule has 0 aliphatic rings. The number of methoxy groups -OCH3 is 1. The number of ether oxygens (including phenoxy) is 3. The maximum Gasteiger partial charge on any atom is 0.401 e. The number of carbonyl (C=O) groups excluding carboxylic acids is 1. The van der Waals surface area contributed by atoms with Crippen LogP contribution in [-0.2, 0) is 18.4 Å². The average molecular weight is 501 g/mol. The smallest absolute Gasteiger partial charge is 0.401 e. The van der Waals surface area contributed by atoms with Crippen LogP contribution in [0.25, 0.3) is 5.65 Å². The van der Waals surface area contributed by atoms with Crippen molar-refractivity contribution in [2.24, 2.45) is 0 Å². The van der Waals surface area contributed by atoms with Crippen molar-refractivity contribution in [1.29, 1.82) is 0 Å². The van der Waals surface area contributed by atoms with Crippen LogP contribution < -0.4 is 24.6 Å². The van der Waals surface area contributed by atoms with Gasteiger partial charge >= 0.3 is 5.95 Å². The second-order valence-corrected chi connectivity index (χ2v) is 9.60. The molecular weight excluding hydrogens is 462 g/mol. The molecule has 2 heterocycles. The van der Waals surface area contributed by atoms with Gasteiger partial charge in [-0.1, -0.05) is 42.4 Å². The highest BCUT2D eigenvalue weighted by Gasteiger charge is 2.28. The molecule has 0 saturated carbocycles. The number of nitrogens with zero attached hydrogens (tertiary/aromatic N) is 4. The Kier molecular flexibility index (Phi) is 8.39. The van der Waals surface area contributed by atoms with Crippen LogP contribution in [0, 0.1) is 6.92 Å². The average Bonchev–Trinajstić information content (AvgIpc) is 3.13. The number of nitrogen functional groups attached to an aromatic ring is 1. The molecule has 0 radical (unpaired) electrons. The zero-order chi connectivity index (χ0) is 26.6. The lowest BCUT2D eigenvalue weighted by molar-refractivity contribution is -0.723. The van der Waals surface area contributed by atoms with Crippen LogP contribution in [0.2, 0.25) is 0 Å². The highest BCUT2D eigenvalue weighted by atomic mass is 16.5. The number of aryl methyl sites for hydroxylation is 1. The Morgan fingerprint density at radius 2 is 1.94 bits per heavy atom. The van der Waals surface area contributed by atoms with Gasteiger partial charge in [-0.2, -0.15) is 0 Å². The predicted molar refractivity (Wildman–Crippen MR) is 136 cm³/mol. The molecule has 2 aromatic heterocycles. The number of aliphatic hydroxyl groups is 1. The van der Waals surface area contributed by atoms with E-state index in [1.54, 1.807) is 13.2 Å². The molecule has 0 fully saturated rings. The van der Waals surface area contributed by atoms with Crippen molar-refractivity contribution in [1.82, 2.24) is 14.7 Å². The number of aliphatic hydroxyl groups excluding tert-OH is 1. The second kappa shape index (κ2) is 11.1. The number of ketones is 1. The molecule has 0 spiro atoms. The first kappa shape index (κ1) is 27.2. The number of Topliss-reactive ketones (excluding diaryl/α,β-unsaturated/α-hetero) is 1. The Labute approximate surface area is 212 Å². The molecule has 0 saturated heterocycles. The van der Waals surface area contributed by atoms with Crippen molar-refractivity contribution in [2.45, 2.75) is 66.3 Å². The number of fused-ring (bicyclic) bond motifs is 1. The first-order valence-corrected chi connectivity index (χ1v) is 12.3. The van der Waals surface area contributed by atoms with E-state index >= 15 is 0 Å². The molecule has 3 rings (SSSR count). The Hall–Kier alpha value is -3.40. The summed E-state index contributed by atoms with van der Waals surface area (Å²) in [7, 11) is 1.58. The molecule has 0 unspecified atom stereocenters. The Balaban J connectivity index is 2.06. The number of hydrogen-bond donors (Lipinski definition) is 2. The summed E-state index contributed by atoms with van der Waals surface area (Å²) in [5.41, 5.74) is 9.85. The Morgan fingerprint density at radius 3 is 2.53 bits per heavy atom.